The summed E-state index contributed by atoms with van der Waals surface area (Å²) in [4.78, 5) is 45.2. The van der Waals surface area contributed by atoms with Gasteiger partial charge in [0.25, 0.3) is 8.32 Å². The zero-order valence-electron chi connectivity index (χ0n) is 36.8. The summed E-state index contributed by atoms with van der Waals surface area (Å²) < 4.78 is 40.0. The van der Waals surface area contributed by atoms with E-state index in [1.807, 2.05) is 103 Å². The van der Waals surface area contributed by atoms with Gasteiger partial charge in [0.2, 0.25) is 10.0 Å². The van der Waals surface area contributed by atoms with Crippen LogP contribution in [0.25, 0.3) is 22.0 Å². The maximum absolute atomic E-state index is 13.7. The maximum Gasteiger partial charge on any atom is 0.407 e. The van der Waals surface area contributed by atoms with E-state index < -0.39 is 47.1 Å². The lowest BCUT2D eigenvalue weighted by molar-refractivity contribution is -0.156. The van der Waals surface area contributed by atoms with Gasteiger partial charge in [-0.3, -0.25) is 4.98 Å². The largest absolute Gasteiger partial charge is 0.458 e. The van der Waals surface area contributed by atoms with Crippen molar-refractivity contribution in [3.05, 3.63) is 156 Å². The Morgan fingerprint density at radius 1 is 0.794 bits per heavy atom. The highest BCUT2D eigenvalue weighted by atomic mass is 32.2. The molecule has 1 atom stereocenters. The Labute approximate surface area is 376 Å². The number of benzene rings is 5. The van der Waals surface area contributed by atoms with E-state index in [-0.39, 0.29) is 23.2 Å². The molecule has 0 unspecified atom stereocenters. The lowest BCUT2D eigenvalue weighted by atomic mass is 9.98. The third kappa shape index (κ3) is 9.63. The van der Waals surface area contributed by atoms with Gasteiger partial charge >= 0.3 is 12.1 Å². The van der Waals surface area contributed by atoms with Crippen LogP contribution in [0.1, 0.15) is 62.9 Å². The molecule has 2 N–H and O–H groups in total. The minimum absolute atomic E-state index is 0.0936. The topological polar surface area (TPSA) is 135 Å². The number of nitrogens with one attached hydrogen (secondary N) is 1. The van der Waals surface area contributed by atoms with Crippen LogP contribution < -0.4 is 15.7 Å². The van der Waals surface area contributed by atoms with Gasteiger partial charge in [0.1, 0.15) is 18.2 Å². The summed E-state index contributed by atoms with van der Waals surface area (Å²) in [6, 6.07) is 41.7. The first-order valence-electron chi connectivity index (χ1n) is 21.0. The monoisotopic (exact) mass is 901 g/mol. The van der Waals surface area contributed by atoms with E-state index in [9.17, 15) is 22.8 Å². The predicted molar refractivity (Wildman–Crippen MR) is 254 cm³/mol. The molecule has 1 aliphatic carbocycles. The Hall–Kier alpha value is -5.31. The average Bonchev–Trinajstić information content (AvgIpc) is 3.58. The third-order valence-electron chi connectivity index (χ3n) is 11.6. The van der Waals surface area contributed by atoms with Crippen molar-refractivity contribution in [3.8, 4) is 11.1 Å². The minimum atomic E-state index is -3.85. The number of carbonyl (C=O) groups is 2. The van der Waals surface area contributed by atoms with Crippen LogP contribution in [0.3, 0.4) is 0 Å². The fourth-order valence-corrected chi connectivity index (χ4v) is 14.2. The van der Waals surface area contributed by atoms with Crippen molar-refractivity contribution in [3.63, 3.8) is 0 Å². The Kier molecular flexibility index (Phi) is 13.4. The number of amides is 1. The second-order valence-electron chi connectivity index (χ2n) is 17.8. The number of hydrogen-bond donors (Lipinski definition) is 2. The number of sulfonamides is 1. The number of nitrogens with zero attached hydrogens (tertiary/aromatic N) is 2. The number of rotatable bonds is 15. The summed E-state index contributed by atoms with van der Waals surface area (Å²) in [6.07, 6.45) is -0.333. The number of ether oxygens (including phenoxy) is 2. The van der Waals surface area contributed by atoms with Crippen molar-refractivity contribution in [1.29, 1.82) is 0 Å². The smallest absolute Gasteiger partial charge is 0.407 e. The summed E-state index contributed by atoms with van der Waals surface area (Å²) >= 11 is 1.38. The molecular weight excluding hydrogens is 847 g/mol. The molecule has 10 nitrogen and oxygen atoms in total. The molecule has 0 saturated heterocycles. The van der Waals surface area contributed by atoms with Gasteiger partial charge < -0.3 is 19.6 Å². The van der Waals surface area contributed by atoms with E-state index in [2.05, 4.69) is 31.3 Å². The Balaban J connectivity index is 1.14. The molecule has 6 aromatic rings. The number of aromatic nitrogens is 1. The number of fused-ring (bicyclic) bond motifs is 4. The van der Waals surface area contributed by atoms with Gasteiger partial charge in [-0.15, -0.1) is 0 Å². The van der Waals surface area contributed by atoms with Crippen LogP contribution in [0.2, 0.25) is 5.04 Å². The van der Waals surface area contributed by atoms with E-state index in [0.29, 0.717) is 28.8 Å². The van der Waals surface area contributed by atoms with E-state index in [4.69, 9.17) is 14.5 Å². The number of esters is 1. The third-order valence-corrected chi connectivity index (χ3v) is 19.0. The van der Waals surface area contributed by atoms with Gasteiger partial charge in [0, 0.05) is 36.9 Å². The molecule has 328 valence electrons. The van der Waals surface area contributed by atoms with Gasteiger partial charge in [0.05, 0.1) is 16.1 Å². The first-order valence-corrected chi connectivity index (χ1v) is 25.5. The first kappa shape index (κ1) is 45.7. The highest BCUT2D eigenvalue weighted by Crippen LogP contribution is 2.45. The fourth-order valence-electron chi connectivity index (χ4n) is 8.45. The summed E-state index contributed by atoms with van der Waals surface area (Å²) in [5.41, 5.74) is 5.54. The molecule has 0 aliphatic heterocycles. The molecule has 0 bridgehead atoms. The summed E-state index contributed by atoms with van der Waals surface area (Å²) in [5, 5.41) is 4.29. The Morgan fingerprint density at radius 3 is 1.90 bits per heavy atom. The van der Waals surface area contributed by atoms with E-state index in [1.165, 1.54) is 30.2 Å². The Morgan fingerprint density at radius 2 is 1.35 bits per heavy atom. The van der Waals surface area contributed by atoms with Crippen molar-refractivity contribution in [2.75, 3.05) is 26.5 Å². The molecule has 5 aromatic carbocycles. The lowest BCUT2D eigenvalue weighted by Gasteiger charge is -2.41. The van der Waals surface area contributed by atoms with Crippen LogP contribution in [0.5, 0.6) is 0 Å². The lowest BCUT2D eigenvalue weighted by Crippen LogP contribution is -2.65. The SMILES string of the molecule is CN(C)S(=O)(=O)c1ccc(CC(C)(C)[Si](O)(c2ccccc2)c2ccccc2)c2nc(CSC[C@H](NC(=O)OCC3c4ccccc4-c4ccccc43)C(=O)OC(C)(C)C)ccc12. The van der Waals surface area contributed by atoms with Crippen molar-refractivity contribution < 1.29 is 32.3 Å². The number of hydrogen-bond acceptors (Lipinski definition) is 9. The second kappa shape index (κ2) is 18.4. The fraction of sp³-hybridized carbons (Fsp3) is 0.300. The van der Waals surface area contributed by atoms with E-state index >= 15 is 0 Å². The van der Waals surface area contributed by atoms with Gasteiger partial charge in [-0.25, -0.2) is 22.3 Å². The molecule has 0 radical (unpaired) electrons. The van der Waals surface area contributed by atoms with Gasteiger partial charge in [-0.1, -0.05) is 129 Å². The van der Waals surface area contributed by atoms with Gasteiger partial charge in [0.15, 0.2) is 0 Å². The van der Waals surface area contributed by atoms with Crippen molar-refractivity contribution in [1.82, 2.24) is 14.6 Å². The van der Waals surface area contributed by atoms with E-state index in [0.717, 1.165) is 38.2 Å². The molecule has 63 heavy (non-hydrogen) atoms. The van der Waals surface area contributed by atoms with E-state index in [1.54, 1.807) is 39.0 Å². The van der Waals surface area contributed by atoms with Crippen molar-refractivity contribution in [2.45, 2.75) is 74.3 Å². The molecular formula is C50H55N3O7S2Si. The zero-order valence-corrected chi connectivity index (χ0v) is 39.4. The molecule has 1 amide bonds. The van der Waals surface area contributed by atoms with Crippen LogP contribution in [0.15, 0.2) is 138 Å². The van der Waals surface area contributed by atoms with Crippen molar-refractivity contribution >= 4 is 63.4 Å². The minimum Gasteiger partial charge on any atom is -0.458 e. The van der Waals surface area contributed by atoms with Crippen LogP contribution in [0, 0.1) is 0 Å². The highest BCUT2D eigenvalue weighted by Gasteiger charge is 2.50. The quantitative estimate of drug-likeness (QED) is 0.0776. The average molecular weight is 902 g/mol. The first-order chi connectivity index (χ1) is 29.9. The summed E-state index contributed by atoms with van der Waals surface area (Å²) in [5.74, 6) is -0.248. The molecule has 13 heteroatoms. The standard InChI is InChI=1S/C50H55N3O7S2Si/c1-49(2,3)60-47(54)44(52-48(55)59-31-43-40-24-16-14-22-38(40)39-23-15-17-25-41(39)43)33-61-32-35-27-28-42-45(62(56,57)53(6)7)29-26-34(46(42)51-35)30-50(4,5)63(58,36-18-10-8-11-19-36)37-20-12-9-13-21-37/h8-29,43-44,58H,30-33H2,1-7H3,(H,52,55)/t44-/m0/s1. The molecule has 0 spiro atoms. The number of carbonyl (C=O) groups excluding carboxylic acids is 2. The molecule has 7 rings (SSSR count). The molecule has 0 saturated carbocycles. The second-order valence-corrected chi connectivity index (χ2v) is 24.9. The predicted octanol–water partition coefficient (Wildman–Crippen LogP) is 8.04. The van der Waals surface area contributed by atoms with Gasteiger partial charge in [-0.2, -0.15) is 11.8 Å². The summed E-state index contributed by atoms with van der Waals surface area (Å²) in [7, 11) is -4.30. The van der Waals surface area contributed by atoms with Crippen LogP contribution in [0.4, 0.5) is 4.79 Å². The van der Waals surface area contributed by atoms with Crippen molar-refractivity contribution in [2.24, 2.45) is 0 Å². The zero-order chi connectivity index (χ0) is 45.2. The van der Waals surface area contributed by atoms with Gasteiger partial charge in [-0.05, 0) is 88.6 Å². The van der Waals surface area contributed by atoms with Crippen LogP contribution in [-0.2, 0) is 36.5 Å². The number of thioether (sulfide) groups is 1. The van der Waals surface area contributed by atoms with Crippen LogP contribution in [-0.4, -0.2) is 81.0 Å². The maximum atomic E-state index is 13.7. The normalized spacial score (nSPS) is 13.7. The van der Waals surface area contributed by atoms with Crippen LogP contribution >= 0.6 is 11.8 Å². The number of pyridine rings is 1. The Bertz CT molecular complexity index is 2640. The molecule has 0 fully saturated rings. The number of alkyl carbamates (subject to hydrolysis) is 1. The highest BCUT2D eigenvalue weighted by molar-refractivity contribution is 7.98. The summed E-state index contributed by atoms with van der Waals surface area (Å²) in [6.45, 7) is 9.54. The molecule has 1 heterocycles. The molecule has 1 aromatic heterocycles. The molecule has 1 aliphatic rings.